The van der Waals surface area contributed by atoms with Crippen molar-refractivity contribution in [1.82, 2.24) is 4.90 Å². The van der Waals surface area contributed by atoms with Gasteiger partial charge in [0.25, 0.3) is 0 Å². The predicted octanol–water partition coefficient (Wildman–Crippen LogP) is 1.97. The van der Waals surface area contributed by atoms with Gasteiger partial charge in [-0.3, -0.25) is 9.69 Å². The number of hydrogen-bond donors (Lipinski definition) is 1. The molecular weight excluding hydrogens is 254 g/mol. The summed E-state index contributed by atoms with van der Waals surface area (Å²) in [5.74, 6) is 0.994. The second-order valence-electron chi connectivity index (χ2n) is 5.53. The lowest BCUT2D eigenvalue weighted by Gasteiger charge is -2.34. The number of rotatable bonds is 5. The van der Waals surface area contributed by atoms with Crippen LogP contribution < -0.4 is 4.74 Å². The molecule has 1 fully saturated rings. The lowest BCUT2D eigenvalue weighted by molar-refractivity contribution is 0.0303. The van der Waals surface area contributed by atoms with Crippen molar-refractivity contribution in [2.75, 3.05) is 26.2 Å². The Morgan fingerprint density at radius 3 is 2.90 bits per heavy atom. The number of carbonyl (C=O) groups is 1. The average Bonchev–Trinajstić information content (AvgIpc) is 2.43. The van der Waals surface area contributed by atoms with Crippen LogP contribution in [0.3, 0.4) is 0 Å². The number of aliphatic hydroxyl groups excluding tert-OH is 1. The molecule has 4 nitrogen and oxygen atoms in total. The normalized spacial score (nSPS) is 23.6. The maximum Gasteiger partial charge on any atom is 0.163 e. The summed E-state index contributed by atoms with van der Waals surface area (Å²) in [5.41, 5.74) is 0.634. The van der Waals surface area contributed by atoms with Gasteiger partial charge >= 0.3 is 0 Å². The van der Waals surface area contributed by atoms with E-state index in [0.29, 0.717) is 23.8 Å². The lowest BCUT2D eigenvalue weighted by atomic mass is 9.97. The molecule has 1 aliphatic rings. The lowest BCUT2D eigenvalue weighted by Crippen LogP contribution is -2.43. The van der Waals surface area contributed by atoms with Gasteiger partial charge in [-0.25, -0.2) is 0 Å². The molecule has 20 heavy (non-hydrogen) atoms. The van der Waals surface area contributed by atoms with Gasteiger partial charge in [0.2, 0.25) is 0 Å². The molecule has 0 bridgehead atoms. The topological polar surface area (TPSA) is 49.8 Å². The Labute approximate surface area is 120 Å². The Bertz CT molecular complexity index is 461. The maximum atomic E-state index is 11.5. The van der Waals surface area contributed by atoms with Crippen molar-refractivity contribution in [3.8, 4) is 5.75 Å². The minimum absolute atomic E-state index is 0.0234. The number of aliphatic hydroxyl groups is 1. The highest BCUT2D eigenvalue weighted by Gasteiger charge is 2.23. The van der Waals surface area contributed by atoms with E-state index in [1.165, 1.54) is 0 Å². The molecular formula is C16H23NO3. The molecule has 0 amide bonds. The summed E-state index contributed by atoms with van der Waals surface area (Å²) < 4.78 is 5.74. The third-order valence-electron chi connectivity index (χ3n) is 3.88. The minimum Gasteiger partial charge on any atom is -0.491 e. The van der Waals surface area contributed by atoms with E-state index < -0.39 is 0 Å². The third-order valence-corrected chi connectivity index (χ3v) is 3.88. The van der Waals surface area contributed by atoms with Crippen LogP contribution >= 0.6 is 0 Å². The van der Waals surface area contributed by atoms with Crippen molar-refractivity contribution in [1.29, 1.82) is 0 Å². The van der Waals surface area contributed by atoms with Crippen LogP contribution in [0.2, 0.25) is 0 Å². The largest absolute Gasteiger partial charge is 0.491 e. The number of hydrogen-bond acceptors (Lipinski definition) is 4. The van der Waals surface area contributed by atoms with Gasteiger partial charge in [-0.15, -0.1) is 0 Å². The van der Waals surface area contributed by atoms with E-state index in [2.05, 4.69) is 11.8 Å². The highest BCUT2D eigenvalue weighted by Crippen LogP contribution is 2.19. The fraction of sp³-hybridized carbons (Fsp3) is 0.562. The van der Waals surface area contributed by atoms with Crippen molar-refractivity contribution in [3.05, 3.63) is 29.8 Å². The smallest absolute Gasteiger partial charge is 0.163 e. The number of benzene rings is 1. The molecule has 2 atom stereocenters. The Kier molecular flexibility index (Phi) is 5.15. The fourth-order valence-electron chi connectivity index (χ4n) is 2.59. The van der Waals surface area contributed by atoms with E-state index in [1.54, 1.807) is 13.0 Å². The van der Waals surface area contributed by atoms with Crippen LogP contribution in [0.15, 0.2) is 24.3 Å². The highest BCUT2D eigenvalue weighted by molar-refractivity contribution is 5.96. The summed E-state index contributed by atoms with van der Waals surface area (Å²) in [6, 6.07) is 7.34. The van der Waals surface area contributed by atoms with Gasteiger partial charge in [0.15, 0.2) is 5.78 Å². The molecule has 2 unspecified atom stereocenters. The molecule has 2 rings (SSSR count). The van der Waals surface area contributed by atoms with Crippen LogP contribution in [-0.2, 0) is 0 Å². The summed E-state index contributed by atoms with van der Waals surface area (Å²) in [4.78, 5) is 13.8. The number of likely N-dealkylation sites (tertiary alicyclic amines) is 1. The average molecular weight is 277 g/mol. The molecule has 0 aliphatic carbocycles. The second kappa shape index (κ2) is 6.86. The van der Waals surface area contributed by atoms with E-state index in [4.69, 9.17) is 4.74 Å². The van der Waals surface area contributed by atoms with Crippen LogP contribution in [-0.4, -0.2) is 48.1 Å². The van der Waals surface area contributed by atoms with Gasteiger partial charge in [0, 0.05) is 19.6 Å². The van der Waals surface area contributed by atoms with Gasteiger partial charge in [0.05, 0.1) is 11.7 Å². The van der Waals surface area contributed by atoms with E-state index in [-0.39, 0.29) is 11.9 Å². The molecule has 110 valence electrons. The highest BCUT2D eigenvalue weighted by atomic mass is 16.5. The number of Topliss-reactive ketones (excluding diaryl/α,β-unsaturated/α-hetero) is 1. The first-order chi connectivity index (χ1) is 9.58. The molecule has 1 N–H and O–H groups in total. The van der Waals surface area contributed by atoms with E-state index >= 15 is 0 Å². The van der Waals surface area contributed by atoms with Crippen molar-refractivity contribution in [2.45, 2.75) is 26.4 Å². The number of piperidine rings is 1. The zero-order valence-electron chi connectivity index (χ0n) is 12.2. The Morgan fingerprint density at radius 1 is 1.45 bits per heavy atom. The maximum absolute atomic E-state index is 11.5. The van der Waals surface area contributed by atoms with Crippen molar-refractivity contribution in [3.63, 3.8) is 0 Å². The van der Waals surface area contributed by atoms with E-state index in [9.17, 15) is 9.90 Å². The zero-order chi connectivity index (χ0) is 14.5. The number of para-hydroxylation sites is 1. The van der Waals surface area contributed by atoms with E-state index in [1.807, 2.05) is 18.2 Å². The Hall–Kier alpha value is -1.39. The first kappa shape index (κ1) is 15.0. The first-order valence-corrected chi connectivity index (χ1v) is 7.21. The molecule has 1 saturated heterocycles. The fourth-order valence-corrected chi connectivity index (χ4v) is 2.59. The Balaban J connectivity index is 1.83. The van der Waals surface area contributed by atoms with Crippen molar-refractivity contribution < 1.29 is 14.6 Å². The standard InChI is InChI=1S/C16H23NO3/c1-12-11-17(8-7-15(12)19)9-10-20-16-6-4-3-5-14(16)13(2)18/h3-6,12,15,19H,7-11H2,1-2H3. The van der Waals surface area contributed by atoms with Gasteiger partial charge in [-0.1, -0.05) is 19.1 Å². The predicted molar refractivity (Wildman–Crippen MR) is 78.2 cm³/mol. The zero-order valence-corrected chi connectivity index (χ0v) is 12.2. The monoisotopic (exact) mass is 277 g/mol. The van der Waals surface area contributed by atoms with Crippen molar-refractivity contribution >= 4 is 5.78 Å². The first-order valence-electron chi connectivity index (χ1n) is 7.21. The summed E-state index contributed by atoms with van der Waals surface area (Å²) in [7, 11) is 0. The molecule has 1 aromatic carbocycles. The molecule has 0 aromatic heterocycles. The summed E-state index contributed by atoms with van der Waals surface area (Å²) in [6.07, 6.45) is 0.649. The molecule has 1 aromatic rings. The summed E-state index contributed by atoms with van der Waals surface area (Å²) in [6.45, 7) is 6.82. The van der Waals surface area contributed by atoms with Crippen LogP contribution in [0.1, 0.15) is 30.6 Å². The van der Waals surface area contributed by atoms with Gasteiger partial charge in [-0.2, -0.15) is 0 Å². The van der Waals surface area contributed by atoms with Gasteiger partial charge < -0.3 is 9.84 Å². The summed E-state index contributed by atoms with van der Waals surface area (Å²) in [5, 5.41) is 9.70. The molecule has 0 radical (unpaired) electrons. The minimum atomic E-state index is -0.175. The van der Waals surface area contributed by atoms with Crippen LogP contribution in [0, 0.1) is 5.92 Å². The summed E-state index contributed by atoms with van der Waals surface area (Å²) >= 11 is 0. The van der Waals surface area contributed by atoms with Crippen LogP contribution in [0.4, 0.5) is 0 Å². The molecule has 1 aliphatic heterocycles. The quantitative estimate of drug-likeness (QED) is 0.836. The molecule has 0 spiro atoms. The van der Waals surface area contributed by atoms with Gasteiger partial charge in [0.1, 0.15) is 12.4 Å². The number of ether oxygens (including phenoxy) is 1. The number of nitrogens with zero attached hydrogens (tertiary/aromatic N) is 1. The van der Waals surface area contributed by atoms with Crippen molar-refractivity contribution in [2.24, 2.45) is 5.92 Å². The van der Waals surface area contributed by atoms with E-state index in [0.717, 1.165) is 26.1 Å². The number of carbonyl (C=O) groups excluding carboxylic acids is 1. The van der Waals surface area contributed by atoms with Gasteiger partial charge in [-0.05, 0) is 31.4 Å². The van der Waals surface area contributed by atoms with Crippen LogP contribution in [0.5, 0.6) is 5.75 Å². The molecule has 0 saturated carbocycles. The Morgan fingerprint density at radius 2 is 2.20 bits per heavy atom. The third kappa shape index (κ3) is 3.81. The molecule has 1 heterocycles. The van der Waals surface area contributed by atoms with Crippen LogP contribution in [0.25, 0.3) is 0 Å². The second-order valence-corrected chi connectivity index (χ2v) is 5.53. The molecule has 4 heteroatoms. The number of ketones is 1. The SMILES string of the molecule is CC(=O)c1ccccc1OCCN1CCC(O)C(C)C1.